The molecule has 3 nitrogen and oxygen atoms in total. The fourth-order valence-corrected chi connectivity index (χ4v) is 7.14. The zero-order chi connectivity index (χ0) is 27.6. The van der Waals surface area contributed by atoms with Crippen LogP contribution in [-0.4, -0.2) is 9.97 Å². The smallest absolute Gasteiger partial charge is 0.491 e. The van der Waals surface area contributed by atoms with Crippen molar-refractivity contribution in [1.82, 2.24) is 9.97 Å². The van der Waals surface area contributed by atoms with Crippen LogP contribution in [0.1, 0.15) is 0 Å². The molecule has 204 valence electrons. The van der Waals surface area contributed by atoms with Crippen molar-refractivity contribution in [3.63, 3.8) is 0 Å². The topological polar surface area (TPSA) is 38.9 Å². The maximum atomic E-state index is 6.61. The van der Waals surface area contributed by atoms with Gasteiger partial charge in [-0.1, -0.05) is 77.7 Å². The van der Waals surface area contributed by atoms with E-state index in [9.17, 15) is 0 Å². The van der Waals surface area contributed by atoms with Crippen molar-refractivity contribution >= 4 is 64.2 Å². The maximum absolute atomic E-state index is 6.61. The summed E-state index contributed by atoms with van der Waals surface area (Å²) >= 11 is 1.76. The molecule has 0 saturated carbocycles. The quantitative estimate of drug-likeness (QED) is 0.169. The Morgan fingerprint density at radius 2 is 1.40 bits per heavy atom. The second kappa shape index (κ2) is 10.3. The average Bonchev–Trinajstić information content (AvgIpc) is 3.64. The molecule has 0 spiro atoms. The summed E-state index contributed by atoms with van der Waals surface area (Å²) in [6, 6.07) is 48.4. The van der Waals surface area contributed by atoms with Crippen LogP contribution in [0, 0.1) is 12.1 Å². The predicted octanol–water partition coefficient (Wildman–Crippen LogP) is 10.5. The number of hydrogen-bond acceptors (Lipinski definition) is 4. The number of benzene rings is 5. The number of fused-ring (bicyclic) bond motifs is 8. The van der Waals surface area contributed by atoms with E-state index < -0.39 is 0 Å². The Morgan fingerprint density at radius 1 is 0.628 bits per heavy atom. The van der Waals surface area contributed by atoms with Crippen molar-refractivity contribution in [3.8, 4) is 33.9 Å². The third kappa shape index (κ3) is 4.13. The van der Waals surface area contributed by atoms with Crippen LogP contribution in [0.5, 0.6) is 0 Å². The number of para-hydroxylation sites is 1. The largest absolute Gasteiger partial charge is 2.00 e. The molecular weight excluding hydrogens is 728 g/mol. The summed E-state index contributed by atoms with van der Waals surface area (Å²) in [4.78, 5) is 10.4. The van der Waals surface area contributed by atoms with Crippen LogP contribution in [0.4, 0.5) is 0 Å². The minimum absolute atomic E-state index is 0. The second-order valence-corrected chi connectivity index (χ2v) is 11.4. The first kappa shape index (κ1) is 26.0. The molecule has 0 aliphatic heterocycles. The van der Waals surface area contributed by atoms with Crippen LogP contribution in [0.25, 0.3) is 86.8 Å². The van der Waals surface area contributed by atoms with E-state index in [2.05, 4.69) is 78.9 Å². The molecule has 0 aliphatic rings. The molecule has 0 saturated heterocycles. The maximum Gasteiger partial charge on any atom is 2.00 e. The summed E-state index contributed by atoms with van der Waals surface area (Å²) in [6.45, 7) is 0. The first-order valence-electron chi connectivity index (χ1n) is 13.8. The monoisotopic (exact) mass is 747 g/mol. The number of nitrogens with zero attached hydrogens (tertiary/aromatic N) is 2. The molecule has 0 unspecified atom stereocenters. The molecule has 0 radical (unpaired) electrons. The SMILES string of the molecule is [Pt+2].[c-]1ccccc1-c1cccc(-c2cc3c(sc4ccccc43)c(-c3[c-]c4ccccc4c4c3oc3ccccc34)n2)n1. The Balaban J connectivity index is 0.00000278. The Labute approximate surface area is 265 Å². The van der Waals surface area contributed by atoms with Crippen molar-refractivity contribution in [2.75, 3.05) is 0 Å². The van der Waals surface area contributed by atoms with Crippen LogP contribution < -0.4 is 0 Å². The zero-order valence-electron chi connectivity index (χ0n) is 22.6. The molecule has 0 fully saturated rings. The van der Waals surface area contributed by atoms with E-state index in [0.29, 0.717) is 0 Å². The van der Waals surface area contributed by atoms with Crippen LogP contribution >= 0.6 is 11.3 Å². The van der Waals surface area contributed by atoms with Crippen LogP contribution in [-0.2, 0) is 21.1 Å². The molecule has 0 bridgehead atoms. The van der Waals surface area contributed by atoms with Crippen molar-refractivity contribution in [3.05, 3.63) is 133 Å². The molecule has 0 atom stereocenters. The summed E-state index contributed by atoms with van der Waals surface area (Å²) in [5, 5.41) is 6.70. The summed E-state index contributed by atoms with van der Waals surface area (Å²) in [7, 11) is 0. The number of thiophene rings is 1. The molecular formula is C38H20N2OPtS. The fourth-order valence-electron chi connectivity index (χ4n) is 5.96. The van der Waals surface area contributed by atoms with Gasteiger partial charge in [-0.2, -0.15) is 0 Å². The number of pyridine rings is 2. The number of hydrogen-bond donors (Lipinski definition) is 0. The average molecular weight is 748 g/mol. The normalized spacial score (nSPS) is 11.5. The van der Waals surface area contributed by atoms with E-state index in [1.165, 1.54) is 10.1 Å². The van der Waals surface area contributed by atoms with E-state index in [0.717, 1.165) is 76.7 Å². The third-order valence-electron chi connectivity index (χ3n) is 7.87. The van der Waals surface area contributed by atoms with Gasteiger partial charge < -0.3 is 4.42 Å². The van der Waals surface area contributed by atoms with E-state index in [-0.39, 0.29) is 21.1 Å². The third-order valence-corrected chi connectivity index (χ3v) is 9.07. The standard InChI is InChI=1S/C38H20N2OS.Pt/c1-2-11-23(12-3-1)30-17-10-18-31(39-30)32-22-28-26-15-7-9-20-34(26)42-38(28)36(40-32)29-21-24-13-4-5-14-25(24)35-27-16-6-8-19-33(27)41-37(29)35;/h1-11,13-20,22H;/q-2;+2. The molecule has 0 aliphatic carbocycles. The number of aromatic nitrogens is 2. The minimum atomic E-state index is 0. The Kier molecular flexibility index (Phi) is 6.22. The van der Waals surface area contributed by atoms with Gasteiger partial charge in [0.25, 0.3) is 0 Å². The Morgan fingerprint density at radius 3 is 2.28 bits per heavy atom. The van der Waals surface area contributed by atoms with Crippen LogP contribution in [0.15, 0.2) is 126 Å². The van der Waals surface area contributed by atoms with E-state index in [4.69, 9.17) is 14.4 Å². The molecule has 4 heterocycles. The molecule has 5 heteroatoms. The summed E-state index contributed by atoms with van der Waals surface area (Å²) in [5.41, 5.74) is 6.82. The molecule has 5 aromatic carbocycles. The Bertz CT molecular complexity index is 2480. The van der Waals surface area contributed by atoms with Gasteiger partial charge in [-0.25, -0.2) is 0 Å². The van der Waals surface area contributed by atoms with Gasteiger partial charge in [-0.3, -0.25) is 9.97 Å². The van der Waals surface area contributed by atoms with E-state index in [1.54, 1.807) is 11.3 Å². The van der Waals surface area contributed by atoms with Crippen molar-refractivity contribution in [2.24, 2.45) is 0 Å². The van der Waals surface area contributed by atoms with Gasteiger partial charge in [0.2, 0.25) is 0 Å². The zero-order valence-corrected chi connectivity index (χ0v) is 25.7. The van der Waals surface area contributed by atoms with Gasteiger partial charge >= 0.3 is 21.1 Å². The van der Waals surface area contributed by atoms with Crippen molar-refractivity contribution in [1.29, 1.82) is 0 Å². The van der Waals surface area contributed by atoms with E-state index in [1.807, 2.05) is 54.6 Å². The second-order valence-electron chi connectivity index (χ2n) is 10.4. The van der Waals surface area contributed by atoms with Crippen molar-refractivity contribution < 1.29 is 25.5 Å². The predicted molar refractivity (Wildman–Crippen MR) is 174 cm³/mol. The number of furan rings is 1. The first-order valence-corrected chi connectivity index (χ1v) is 14.7. The van der Waals surface area contributed by atoms with Crippen LogP contribution in [0.3, 0.4) is 0 Å². The van der Waals surface area contributed by atoms with Gasteiger partial charge in [-0.05, 0) is 46.1 Å². The van der Waals surface area contributed by atoms with Crippen LogP contribution in [0.2, 0.25) is 0 Å². The van der Waals surface area contributed by atoms with Gasteiger partial charge in [0.1, 0.15) is 5.58 Å². The van der Waals surface area contributed by atoms with Crippen molar-refractivity contribution in [2.45, 2.75) is 0 Å². The molecule has 9 aromatic rings. The molecule has 4 aromatic heterocycles. The van der Waals surface area contributed by atoms with E-state index >= 15 is 0 Å². The summed E-state index contributed by atoms with van der Waals surface area (Å²) < 4.78 is 8.93. The fraction of sp³-hybridized carbons (Fsp3) is 0. The van der Waals surface area contributed by atoms with Gasteiger partial charge in [-0.15, -0.1) is 64.8 Å². The molecule has 0 amide bonds. The van der Waals surface area contributed by atoms with Gasteiger partial charge in [0.05, 0.1) is 17.0 Å². The number of rotatable bonds is 3. The van der Waals surface area contributed by atoms with Gasteiger partial charge in [0, 0.05) is 20.5 Å². The van der Waals surface area contributed by atoms with Gasteiger partial charge in [0.15, 0.2) is 0 Å². The first-order chi connectivity index (χ1) is 20.8. The molecule has 9 rings (SSSR count). The molecule has 43 heavy (non-hydrogen) atoms. The molecule has 0 N–H and O–H groups in total. The minimum Gasteiger partial charge on any atom is -0.491 e. The summed E-state index contributed by atoms with van der Waals surface area (Å²) in [6.07, 6.45) is 0. The Hall–Kier alpha value is -4.63. The summed E-state index contributed by atoms with van der Waals surface area (Å²) in [5.74, 6) is 0.